The Morgan fingerprint density at radius 2 is 2.05 bits per heavy atom. The van der Waals surface area contributed by atoms with E-state index in [-0.39, 0.29) is 5.56 Å². The quantitative estimate of drug-likeness (QED) is 0.859. The van der Waals surface area contributed by atoms with Gasteiger partial charge in [-0.1, -0.05) is 0 Å². The normalized spacial score (nSPS) is 16.5. The number of carbonyl (C=O) groups is 1. The van der Waals surface area contributed by atoms with Crippen molar-refractivity contribution in [3.05, 3.63) is 23.6 Å². The second kappa shape index (κ2) is 6.82. The fourth-order valence-electron chi connectivity index (χ4n) is 2.37. The van der Waals surface area contributed by atoms with Crippen LogP contribution in [0.3, 0.4) is 0 Å². The largest absolute Gasteiger partial charge is 0.478 e. The first-order valence-corrected chi connectivity index (χ1v) is 6.98. The molecule has 21 heavy (non-hydrogen) atoms. The molecule has 1 N–H and O–H groups in total. The molecule has 7 heteroatoms. The zero-order chi connectivity index (χ0) is 15.4. The number of anilines is 1. The van der Waals surface area contributed by atoms with E-state index in [1.165, 1.54) is 0 Å². The number of hydrogen-bond acceptors (Lipinski definition) is 5. The van der Waals surface area contributed by atoms with Crippen LogP contribution in [0, 0.1) is 5.82 Å². The van der Waals surface area contributed by atoms with Gasteiger partial charge in [-0.25, -0.2) is 14.2 Å². The van der Waals surface area contributed by atoms with Crippen molar-refractivity contribution >= 4 is 11.8 Å². The van der Waals surface area contributed by atoms with E-state index in [0.29, 0.717) is 18.9 Å². The number of carboxylic acid groups (broad SMARTS) is 1. The molecular formula is C14H21FN4O2. The van der Waals surface area contributed by atoms with Gasteiger partial charge in [0.05, 0.1) is 6.20 Å². The minimum absolute atomic E-state index is 0.0725. The van der Waals surface area contributed by atoms with Crippen LogP contribution in [0.5, 0.6) is 0 Å². The van der Waals surface area contributed by atoms with Gasteiger partial charge in [-0.2, -0.15) is 0 Å². The highest BCUT2D eigenvalue weighted by molar-refractivity contribution is 5.93. The third kappa shape index (κ3) is 4.12. The Balaban J connectivity index is 2.01. The van der Waals surface area contributed by atoms with Crippen LogP contribution in [-0.2, 0) is 0 Å². The first-order chi connectivity index (χ1) is 9.97. The van der Waals surface area contributed by atoms with Crippen LogP contribution in [0.25, 0.3) is 0 Å². The number of rotatable bonds is 5. The molecule has 6 nitrogen and oxygen atoms in total. The molecule has 1 aliphatic rings. The van der Waals surface area contributed by atoms with Gasteiger partial charge in [0.25, 0.3) is 0 Å². The SMILES string of the molecule is CN(C)CCN1CCN(c2ncc(F)cc2C(=O)O)CC1. The zero-order valence-corrected chi connectivity index (χ0v) is 12.4. The molecule has 0 radical (unpaired) electrons. The summed E-state index contributed by atoms with van der Waals surface area (Å²) >= 11 is 0. The Morgan fingerprint density at radius 1 is 1.38 bits per heavy atom. The molecule has 0 spiro atoms. The molecule has 0 atom stereocenters. The molecule has 1 fully saturated rings. The maximum Gasteiger partial charge on any atom is 0.339 e. The molecule has 0 amide bonds. The van der Waals surface area contributed by atoms with Gasteiger partial charge >= 0.3 is 5.97 Å². The molecule has 1 aromatic rings. The Bertz CT molecular complexity index is 502. The van der Waals surface area contributed by atoms with E-state index in [4.69, 9.17) is 5.11 Å². The standard InChI is InChI=1S/C14H21FN4O2/c1-17(2)3-4-18-5-7-19(8-6-18)13-12(14(20)21)9-11(15)10-16-13/h9-10H,3-8H2,1-2H3,(H,20,21). The average Bonchev–Trinajstić information content (AvgIpc) is 2.45. The van der Waals surface area contributed by atoms with Crippen molar-refractivity contribution in [1.29, 1.82) is 0 Å². The average molecular weight is 296 g/mol. The minimum Gasteiger partial charge on any atom is -0.478 e. The summed E-state index contributed by atoms with van der Waals surface area (Å²) in [4.78, 5) is 21.6. The number of carboxylic acids is 1. The Kier molecular flexibility index (Phi) is 5.08. The Morgan fingerprint density at radius 3 is 2.62 bits per heavy atom. The van der Waals surface area contributed by atoms with E-state index >= 15 is 0 Å². The molecule has 2 heterocycles. The molecular weight excluding hydrogens is 275 g/mol. The summed E-state index contributed by atoms with van der Waals surface area (Å²) in [6.45, 7) is 5.09. The Hall–Kier alpha value is -1.73. The highest BCUT2D eigenvalue weighted by Crippen LogP contribution is 2.20. The van der Waals surface area contributed by atoms with Gasteiger partial charge in [-0.05, 0) is 20.2 Å². The lowest BCUT2D eigenvalue weighted by Gasteiger charge is -2.36. The summed E-state index contributed by atoms with van der Waals surface area (Å²) in [6.07, 6.45) is 1.07. The number of halogens is 1. The molecule has 0 aliphatic carbocycles. The minimum atomic E-state index is -1.15. The van der Waals surface area contributed by atoms with Crippen LogP contribution >= 0.6 is 0 Å². The van der Waals surface area contributed by atoms with Gasteiger partial charge in [0.15, 0.2) is 0 Å². The fraction of sp³-hybridized carbons (Fsp3) is 0.571. The van der Waals surface area contributed by atoms with Crippen molar-refractivity contribution in [2.24, 2.45) is 0 Å². The summed E-state index contributed by atoms with van der Waals surface area (Å²) in [5.74, 6) is -1.41. The molecule has 1 saturated heterocycles. The molecule has 1 aromatic heterocycles. The third-order valence-corrected chi connectivity index (χ3v) is 3.60. The number of nitrogens with zero attached hydrogens (tertiary/aromatic N) is 4. The smallest absolute Gasteiger partial charge is 0.339 e. The monoisotopic (exact) mass is 296 g/mol. The van der Waals surface area contributed by atoms with Crippen molar-refractivity contribution in [2.75, 3.05) is 58.3 Å². The summed E-state index contributed by atoms with van der Waals surface area (Å²) in [6, 6.07) is 1.03. The van der Waals surface area contributed by atoms with E-state index in [2.05, 4.69) is 14.8 Å². The van der Waals surface area contributed by atoms with Crippen LogP contribution in [0.15, 0.2) is 12.3 Å². The van der Waals surface area contributed by atoms with Crippen LogP contribution in [0.4, 0.5) is 10.2 Å². The highest BCUT2D eigenvalue weighted by atomic mass is 19.1. The fourth-order valence-corrected chi connectivity index (χ4v) is 2.37. The molecule has 2 rings (SSSR count). The maximum absolute atomic E-state index is 13.2. The predicted molar refractivity (Wildman–Crippen MR) is 78.4 cm³/mol. The van der Waals surface area contributed by atoms with E-state index in [0.717, 1.165) is 38.4 Å². The van der Waals surface area contributed by atoms with Gasteiger partial charge in [-0.3, -0.25) is 4.90 Å². The summed E-state index contributed by atoms with van der Waals surface area (Å²) in [5, 5.41) is 9.17. The Labute approximate surface area is 123 Å². The lowest BCUT2D eigenvalue weighted by atomic mass is 10.2. The van der Waals surface area contributed by atoms with Gasteiger partial charge in [-0.15, -0.1) is 0 Å². The summed E-state index contributed by atoms with van der Waals surface area (Å²) < 4.78 is 13.2. The number of likely N-dealkylation sites (N-methyl/N-ethyl adjacent to an activating group) is 1. The first kappa shape index (κ1) is 15.7. The molecule has 0 unspecified atom stereocenters. The third-order valence-electron chi connectivity index (χ3n) is 3.60. The second-order valence-corrected chi connectivity index (χ2v) is 5.46. The molecule has 0 saturated carbocycles. The first-order valence-electron chi connectivity index (χ1n) is 6.98. The number of hydrogen-bond donors (Lipinski definition) is 1. The van der Waals surface area contributed by atoms with Crippen LogP contribution in [-0.4, -0.2) is 79.2 Å². The van der Waals surface area contributed by atoms with Crippen LogP contribution < -0.4 is 4.90 Å². The summed E-state index contributed by atoms with van der Waals surface area (Å²) in [7, 11) is 4.08. The predicted octanol–water partition coefficient (Wildman–Crippen LogP) is 0.603. The maximum atomic E-state index is 13.2. The second-order valence-electron chi connectivity index (χ2n) is 5.46. The van der Waals surface area contributed by atoms with E-state index in [1.54, 1.807) is 0 Å². The number of piperazine rings is 1. The van der Waals surface area contributed by atoms with Crippen LogP contribution in [0.2, 0.25) is 0 Å². The number of pyridine rings is 1. The van der Waals surface area contributed by atoms with Crippen molar-refractivity contribution in [1.82, 2.24) is 14.8 Å². The van der Waals surface area contributed by atoms with Crippen LogP contribution in [0.1, 0.15) is 10.4 Å². The lowest BCUT2D eigenvalue weighted by Crippen LogP contribution is -2.48. The van der Waals surface area contributed by atoms with Crippen molar-refractivity contribution < 1.29 is 14.3 Å². The molecule has 116 valence electrons. The van der Waals surface area contributed by atoms with Gasteiger partial charge in [0, 0.05) is 39.3 Å². The van der Waals surface area contributed by atoms with Gasteiger partial charge < -0.3 is 14.9 Å². The van der Waals surface area contributed by atoms with E-state index in [1.807, 2.05) is 19.0 Å². The van der Waals surface area contributed by atoms with Gasteiger partial charge in [0.2, 0.25) is 0 Å². The highest BCUT2D eigenvalue weighted by Gasteiger charge is 2.23. The van der Waals surface area contributed by atoms with Crippen molar-refractivity contribution in [3.8, 4) is 0 Å². The topological polar surface area (TPSA) is 59.9 Å². The molecule has 0 bridgehead atoms. The number of aromatic nitrogens is 1. The van der Waals surface area contributed by atoms with E-state index < -0.39 is 11.8 Å². The van der Waals surface area contributed by atoms with Gasteiger partial charge in [0.1, 0.15) is 17.2 Å². The number of aromatic carboxylic acids is 1. The van der Waals surface area contributed by atoms with Crippen molar-refractivity contribution in [2.45, 2.75) is 0 Å². The molecule has 0 aromatic carbocycles. The summed E-state index contributed by atoms with van der Waals surface area (Å²) in [5.41, 5.74) is -0.0725. The lowest BCUT2D eigenvalue weighted by molar-refractivity contribution is 0.0696. The van der Waals surface area contributed by atoms with Crippen molar-refractivity contribution in [3.63, 3.8) is 0 Å². The zero-order valence-electron chi connectivity index (χ0n) is 12.4. The molecule has 1 aliphatic heterocycles. The van der Waals surface area contributed by atoms with E-state index in [9.17, 15) is 9.18 Å².